The molecule has 0 spiro atoms. The van der Waals surface area contributed by atoms with E-state index in [-0.39, 0.29) is 4.90 Å². The van der Waals surface area contributed by atoms with Crippen LogP contribution in [0.5, 0.6) is 5.75 Å². The van der Waals surface area contributed by atoms with Crippen LogP contribution in [-0.2, 0) is 9.84 Å². The van der Waals surface area contributed by atoms with Gasteiger partial charge in [0.15, 0.2) is 15.0 Å². The average molecular weight is 447 g/mol. The van der Waals surface area contributed by atoms with Crippen molar-refractivity contribution in [3.63, 3.8) is 0 Å². The fraction of sp³-hybridized carbons (Fsp3) is 0.318. The maximum atomic E-state index is 13.5. The van der Waals surface area contributed by atoms with E-state index in [2.05, 4.69) is 4.90 Å². The number of anilines is 1. The van der Waals surface area contributed by atoms with Crippen LogP contribution in [-0.4, -0.2) is 38.3 Å². The fourth-order valence-corrected chi connectivity index (χ4v) is 6.27. The number of halogens is 1. The Bertz CT molecular complexity index is 1110. The first-order chi connectivity index (χ1) is 14.5. The predicted octanol–water partition coefficient (Wildman–Crippen LogP) is 4.79. The first kappa shape index (κ1) is 20.8. The fourth-order valence-electron chi connectivity index (χ4n) is 3.62. The lowest BCUT2D eigenvalue weighted by atomic mass is 10.1. The third-order valence-corrected chi connectivity index (χ3v) is 8.39. The van der Waals surface area contributed by atoms with Crippen molar-refractivity contribution in [2.75, 3.05) is 24.6 Å². The highest BCUT2D eigenvalue weighted by Crippen LogP contribution is 2.32. The molecule has 0 unspecified atom stereocenters. The van der Waals surface area contributed by atoms with Gasteiger partial charge in [-0.2, -0.15) is 0 Å². The minimum absolute atomic E-state index is 0.0629. The molecule has 0 atom stereocenters. The molecule has 2 aromatic carbocycles. The van der Waals surface area contributed by atoms with Crippen LogP contribution in [0.1, 0.15) is 19.8 Å². The van der Waals surface area contributed by atoms with E-state index in [0.29, 0.717) is 32.5 Å². The molecule has 1 saturated heterocycles. The molecule has 8 heteroatoms. The summed E-state index contributed by atoms with van der Waals surface area (Å²) in [5, 5.41) is 2.40. The van der Waals surface area contributed by atoms with Gasteiger partial charge >= 0.3 is 0 Å². The van der Waals surface area contributed by atoms with Gasteiger partial charge < -0.3 is 9.64 Å². The number of rotatable bonds is 6. The van der Waals surface area contributed by atoms with Crippen molar-refractivity contribution in [3.05, 3.63) is 59.7 Å². The Morgan fingerprint density at radius 3 is 2.57 bits per heavy atom. The van der Waals surface area contributed by atoms with Crippen LogP contribution in [0.3, 0.4) is 0 Å². The van der Waals surface area contributed by atoms with Gasteiger partial charge in [-0.1, -0.05) is 6.07 Å². The lowest BCUT2D eigenvalue weighted by Crippen LogP contribution is -2.39. The second-order valence-electron chi connectivity index (χ2n) is 7.16. The zero-order chi connectivity index (χ0) is 21.1. The number of aromatic nitrogens is 1. The summed E-state index contributed by atoms with van der Waals surface area (Å²) in [7, 11) is -3.53. The molecule has 1 aliphatic heterocycles. The van der Waals surface area contributed by atoms with Crippen LogP contribution in [0.2, 0.25) is 0 Å². The Morgan fingerprint density at radius 1 is 1.17 bits per heavy atom. The quantitative estimate of drug-likeness (QED) is 0.545. The van der Waals surface area contributed by atoms with E-state index < -0.39 is 20.9 Å². The molecular weight excluding hydrogens is 423 g/mol. The van der Waals surface area contributed by atoms with Crippen molar-refractivity contribution in [3.8, 4) is 17.0 Å². The molecule has 0 N–H and O–H groups in total. The number of benzene rings is 2. The van der Waals surface area contributed by atoms with Crippen molar-refractivity contribution >= 4 is 26.3 Å². The summed E-state index contributed by atoms with van der Waals surface area (Å²) in [6.07, 6.45) is 0.994. The van der Waals surface area contributed by atoms with Crippen LogP contribution in [0.15, 0.2) is 58.8 Å². The highest BCUT2D eigenvalue weighted by atomic mass is 32.2. The molecule has 1 aliphatic rings. The molecule has 158 valence electrons. The molecule has 0 radical (unpaired) electrons. The predicted molar refractivity (Wildman–Crippen MR) is 118 cm³/mol. The number of sulfone groups is 1. The molecule has 1 fully saturated rings. The zero-order valence-corrected chi connectivity index (χ0v) is 18.3. The van der Waals surface area contributed by atoms with Gasteiger partial charge in [0.2, 0.25) is 0 Å². The van der Waals surface area contributed by atoms with Crippen LogP contribution in [0.4, 0.5) is 9.52 Å². The van der Waals surface area contributed by atoms with Crippen molar-refractivity contribution in [2.24, 2.45) is 0 Å². The number of ether oxygens (including phenoxy) is 1. The molecular formula is C22H23FN2O3S2. The van der Waals surface area contributed by atoms with Crippen molar-refractivity contribution < 1.29 is 17.5 Å². The van der Waals surface area contributed by atoms with E-state index in [1.54, 1.807) is 11.3 Å². The third kappa shape index (κ3) is 4.34. The van der Waals surface area contributed by atoms with Gasteiger partial charge in [0.1, 0.15) is 11.6 Å². The first-order valence-corrected chi connectivity index (χ1v) is 12.3. The largest absolute Gasteiger partial charge is 0.494 e. The number of hydrogen-bond acceptors (Lipinski definition) is 6. The monoisotopic (exact) mass is 446 g/mol. The lowest BCUT2D eigenvalue weighted by Gasteiger charge is -2.31. The van der Waals surface area contributed by atoms with E-state index in [4.69, 9.17) is 9.72 Å². The second-order valence-corrected chi connectivity index (χ2v) is 10.2. The Kier molecular flexibility index (Phi) is 6.06. The third-order valence-electron chi connectivity index (χ3n) is 5.23. The second kappa shape index (κ2) is 8.73. The average Bonchev–Trinajstić information content (AvgIpc) is 3.25. The SMILES string of the molecule is CCOc1ccc(-c2csc(N3CCC(S(=O)(=O)c4cccc(F)c4)CC3)n2)cc1. The topological polar surface area (TPSA) is 59.5 Å². The van der Waals surface area contributed by atoms with E-state index >= 15 is 0 Å². The molecule has 5 nitrogen and oxygen atoms in total. The molecule has 0 saturated carbocycles. The van der Waals surface area contributed by atoms with E-state index in [9.17, 15) is 12.8 Å². The molecule has 4 rings (SSSR count). The maximum absolute atomic E-state index is 13.5. The van der Waals surface area contributed by atoms with Gasteiger partial charge in [0.05, 0.1) is 22.4 Å². The van der Waals surface area contributed by atoms with Gasteiger partial charge in [-0.3, -0.25) is 0 Å². The summed E-state index contributed by atoms with van der Waals surface area (Å²) in [5.41, 5.74) is 1.91. The van der Waals surface area contributed by atoms with Crippen molar-refractivity contribution in [1.82, 2.24) is 4.98 Å². The van der Waals surface area contributed by atoms with Crippen molar-refractivity contribution in [2.45, 2.75) is 29.9 Å². The minimum atomic E-state index is -3.53. The smallest absolute Gasteiger partial charge is 0.185 e. The number of hydrogen-bond donors (Lipinski definition) is 0. The van der Waals surface area contributed by atoms with Crippen LogP contribution < -0.4 is 9.64 Å². The van der Waals surface area contributed by atoms with Crippen molar-refractivity contribution in [1.29, 1.82) is 0 Å². The Labute approximate surface area is 180 Å². The molecule has 0 aliphatic carbocycles. The van der Waals surface area contributed by atoms with Gasteiger partial charge in [-0.25, -0.2) is 17.8 Å². The Morgan fingerprint density at radius 2 is 1.90 bits per heavy atom. The summed E-state index contributed by atoms with van der Waals surface area (Å²) in [6.45, 7) is 3.79. The summed E-state index contributed by atoms with van der Waals surface area (Å²) < 4.78 is 44.6. The van der Waals surface area contributed by atoms with Gasteiger partial charge in [0.25, 0.3) is 0 Å². The lowest BCUT2D eigenvalue weighted by molar-refractivity contribution is 0.340. The highest BCUT2D eigenvalue weighted by Gasteiger charge is 2.32. The molecule has 0 bridgehead atoms. The normalized spacial score (nSPS) is 15.3. The van der Waals surface area contributed by atoms with Crippen LogP contribution >= 0.6 is 11.3 Å². The molecule has 2 heterocycles. The maximum Gasteiger partial charge on any atom is 0.185 e. The minimum Gasteiger partial charge on any atom is -0.494 e. The summed E-state index contributed by atoms with van der Waals surface area (Å²) in [4.78, 5) is 6.93. The summed E-state index contributed by atoms with van der Waals surface area (Å²) in [5.74, 6) is 0.302. The first-order valence-electron chi connectivity index (χ1n) is 9.90. The number of thiazole rings is 1. The molecule has 30 heavy (non-hydrogen) atoms. The van der Waals surface area contributed by atoms with Crippen LogP contribution in [0, 0.1) is 5.82 Å². The van der Waals surface area contributed by atoms with E-state index in [1.807, 2.05) is 36.6 Å². The van der Waals surface area contributed by atoms with Gasteiger partial charge in [0, 0.05) is 24.0 Å². The highest BCUT2D eigenvalue weighted by molar-refractivity contribution is 7.92. The Hall–Kier alpha value is -2.45. The zero-order valence-electron chi connectivity index (χ0n) is 16.6. The summed E-state index contributed by atoms with van der Waals surface area (Å²) >= 11 is 1.56. The molecule has 1 aromatic heterocycles. The molecule has 0 amide bonds. The van der Waals surface area contributed by atoms with Gasteiger partial charge in [-0.15, -0.1) is 11.3 Å². The van der Waals surface area contributed by atoms with Gasteiger partial charge in [-0.05, 0) is 62.2 Å². The standard InChI is InChI=1S/C22H23FN2O3S2/c1-2-28-18-8-6-16(7-9-18)21-15-29-22(24-21)25-12-10-19(11-13-25)30(26,27)20-5-3-4-17(23)14-20/h3-9,14-15,19H,2,10-13H2,1H3. The Balaban J connectivity index is 1.42. The number of piperidine rings is 1. The number of nitrogens with zero attached hydrogens (tertiary/aromatic N) is 2. The summed E-state index contributed by atoms with van der Waals surface area (Å²) in [6, 6.07) is 13.1. The van der Waals surface area contributed by atoms with E-state index in [1.165, 1.54) is 18.2 Å². The van der Waals surface area contributed by atoms with E-state index in [0.717, 1.165) is 28.2 Å². The molecule has 3 aromatic rings. The van der Waals surface area contributed by atoms with Crippen LogP contribution in [0.25, 0.3) is 11.3 Å².